The highest BCUT2D eigenvalue weighted by Gasteiger charge is 2.29. The normalized spacial score (nSPS) is 11.5. The van der Waals surface area contributed by atoms with Gasteiger partial charge in [-0.2, -0.15) is 0 Å². The van der Waals surface area contributed by atoms with Crippen LogP contribution in [-0.4, -0.2) is 42.8 Å². The van der Waals surface area contributed by atoms with Crippen LogP contribution in [-0.2, 0) is 23.8 Å². The number of ketones is 1. The van der Waals surface area contributed by atoms with Gasteiger partial charge in [0.15, 0.2) is 0 Å². The monoisotopic (exact) mass is 385 g/mol. The second kappa shape index (κ2) is 10.6. The Bertz CT molecular complexity index is 696. The van der Waals surface area contributed by atoms with E-state index in [0.717, 1.165) is 12.1 Å². The molecule has 0 atom stereocenters. The number of nitro groups is 1. The van der Waals surface area contributed by atoms with E-state index in [1.54, 1.807) is 20.8 Å². The van der Waals surface area contributed by atoms with E-state index in [2.05, 4.69) is 0 Å². The molecule has 142 valence electrons. The number of hydrogen-bond donors (Lipinski definition) is 0. The average Bonchev–Trinajstić information content (AvgIpc) is 2.60. The highest BCUT2D eigenvalue weighted by molar-refractivity contribution is 6.32. The van der Waals surface area contributed by atoms with E-state index in [9.17, 15) is 19.7 Å². The van der Waals surface area contributed by atoms with Crippen molar-refractivity contribution in [3.63, 3.8) is 0 Å². The highest BCUT2D eigenvalue weighted by atomic mass is 35.5. The Labute approximate surface area is 155 Å². The number of non-ortho nitro benzene ring substituents is 1. The molecule has 0 N–H and O–H groups in total. The van der Waals surface area contributed by atoms with Crippen molar-refractivity contribution in [1.82, 2.24) is 0 Å². The van der Waals surface area contributed by atoms with Crippen molar-refractivity contribution < 1.29 is 28.7 Å². The molecule has 0 fully saturated rings. The average molecular weight is 386 g/mol. The SMILES string of the molecule is CCOC(=O)C(=Cc1cc([N+](=O)[O-])ccc1Cl)C(=O)C(OCC)OCC. The summed E-state index contributed by atoms with van der Waals surface area (Å²) in [4.78, 5) is 35.2. The van der Waals surface area contributed by atoms with Crippen LogP contribution in [0.1, 0.15) is 26.3 Å². The van der Waals surface area contributed by atoms with Gasteiger partial charge in [-0.3, -0.25) is 14.9 Å². The van der Waals surface area contributed by atoms with Gasteiger partial charge in [-0.1, -0.05) is 11.6 Å². The number of hydrogen-bond acceptors (Lipinski definition) is 7. The Morgan fingerprint density at radius 1 is 1.19 bits per heavy atom. The van der Waals surface area contributed by atoms with Crippen molar-refractivity contribution in [3.05, 3.63) is 44.5 Å². The Kier molecular flexibility index (Phi) is 8.91. The molecule has 0 aliphatic carbocycles. The van der Waals surface area contributed by atoms with Gasteiger partial charge in [-0.15, -0.1) is 0 Å². The lowest BCUT2D eigenvalue weighted by Crippen LogP contribution is -2.32. The standard InChI is InChI=1S/C17H20ClNO7/c1-4-24-16(21)13(15(20)17(25-5-2)26-6-3)10-11-9-12(19(22)23)7-8-14(11)18/h7-10,17H,4-6H2,1-3H3. The van der Waals surface area contributed by atoms with Gasteiger partial charge >= 0.3 is 5.97 Å². The first kappa shape index (κ1) is 21.8. The largest absolute Gasteiger partial charge is 0.462 e. The van der Waals surface area contributed by atoms with Gasteiger partial charge in [0.05, 0.1) is 11.5 Å². The molecule has 0 spiro atoms. The van der Waals surface area contributed by atoms with Crippen LogP contribution in [0.2, 0.25) is 5.02 Å². The molecular weight excluding hydrogens is 366 g/mol. The summed E-state index contributed by atoms with van der Waals surface area (Å²) in [6, 6.07) is 3.68. The fourth-order valence-electron chi connectivity index (χ4n) is 1.98. The molecule has 9 heteroatoms. The van der Waals surface area contributed by atoms with Crippen LogP contribution in [0.15, 0.2) is 23.8 Å². The van der Waals surface area contributed by atoms with Crippen molar-refractivity contribution in [3.8, 4) is 0 Å². The van der Waals surface area contributed by atoms with E-state index in [0.29, 0.717) is 0 Å². The molecule has 0 saturated heterocycles. The van der Waals surface area contributed by atoms with Gasteiger partial charge in [-0.25, -0.2) is 4.79 Å². The van der Waals surface area contributed by atoms with Crippen molar-refractivity contribution in [2.75, 3.05) is 19.8 Å². The summed E-state index contributed by atoms with van der Waals surface area (Å²) in [6.45, 7) is 5.34. The summed E-state index contributed by atoms with van der Waals surface area (Å²) in [5.41, 5.74) is -0.479. The first-order chi connectivity index (χ1) is 12.3. The zero-order chi connectivity index (χ0) is 19.7. The molecule has 1 rings (SSSR count). The maximum atomic E-state index is 12.7. The molecule has 0 saturated carbocycles. The van der Waals surface area contributed by atoms with Crippen LogP contribution >= 0.6 is 11.6 Å². The predicted octanol–water partition coefficient (Wildman–Crippen LogP) is 3.16. The molecule has 0 aromatic heterocycles. The second-order valence-electron chi connectivity index (χ2n) is 4.85. The van der Waals surface area contributed by atoms with Gasteiger partial charge in [0.25, 0.3) is 5.69 Å². The van der Waals surface area contributed by atoms with Crippen LogP contribution in [0.25, 0.3) is 6.08 Å². The van der Waals surface area contributed by atoms with Gasteiger partial charge in [-0.05, 0) is 32.9 Å². The van der Waals surface area contributed by atoms with E-state index in [1.807, 2.05) is 0 Å². The topological polar surface area (TPSA) is 105 Å². The summed E-state index contributed by atoms with van der Waals surface area (Å²) in [5, 5.41) is 11.1. The van der Waals surface area contributed by atoms with Crippen molar-refractivity contribution in [2.45, 2.75) is 27.1 Å². The Hall–Kier alpha value is -2.29. The second-order valence-corrected chi connectivity index (χ2v) is 5.26. The highest BCUT2D eigenvalue weighted by Crippen LogP contribution is 2.25. The van der Waals surface area contributed by atoms with Gasteiger partial charge in [0, 0.05) is 35.9 Å². The number of rotatable bonds is 10. The number of carbonyl (C=O) groups is 2. The molecule has 1 aromatic rings. The van der Waals surface area contributed by atoms with E-state index < -0.39 is 23.0 Å². The molecule has 0 bridgehead atoms. The van der Waals surface area contributed by atoms with Crippen LogP contribution < -0.4 is 0 Å². The van der Waals surface area contributed by atoms with E-state index >= 15 is 0 Å². The summed E-state index contributed by atoms with van der Waals surface area (Å²) in [5.74, 6) is -1.65. The van der Waals surface area contributed by atoms with Crippen molar-refractivity contribution in [1.29, 1.82) is 0 Å². The van der Waals surface area contributed by atoms with Gasteiger partial charge in [0.2, 0.25) is 12.1 Å². The lowest BCUT2D eigenvalue weighted by molar-refractivity contribution is -0.384. The number of halogens is 1. The maximum Gasteiger partial charge on any atom is 0.341 e. The lowest BCUT2D eigenvalue weighted by Gasteiger charge is -2.17. The number of carbonyl (C=O) groups excluding carboxylic acids is 2. The summed E-state index contributed by atoms with van der Waals surface area (Å²) >= 11 is 6.04. The molecule has 1 aromatic carbocycles. The molecule has 0 aliphatic heterocycles. The van der Waals surface area contributed by atoms with Crippen molar-refractivity contribution >= 4 is 35.1 Å². The van der Waals surface area contributed by atoms with Gasteiger partial charge < -0.3 is 14.2 Å². The van der Waals surface area contributed by atoms with E-state index in [1.165, 1.54) is 12.1 Å². The Balaban J connectivity index is 3.39. The molecule has 0 aliphatic rings. The summed E-state index contributed by atoms with van der Waals surface area (Å²) in [6.07, 6.45) is -0.154. The minimum atomic E-state index is -1.29. The number of Topliss-reactive ketones (excluding diaryl/α,β-unsaturated/α-hetero) is 1. The van der Waals surface area contributed by atoms with Crippen molar-refractivity contribution in [2.24, 2.45) is 0 Å². The summed E-state index contributed by atoms with van der Waals surface area (Å²) < 4.78 is 15.3. The van der Waals surface area contributed by atoms with Crippen LogP contribution in [0.3, 0.4) is 0 Å². The molecule has 0 radical (unpaired) electrons. The lowest BCUT2D eigenvalue weighted by atomic mass is 10.1. The number of benzene rings is 1. The minimum Gasteiger partial charge on any atom is -0.462 e. The van der Waals surface area contributed by atoms with E-state index in [-0.39, 0.29) is 41.7 Å². The number of nitrogens with zero attached hydrogens (tertiary/aromatic N) is 1. The molecule has 26 heavy (non-hydrogen) atoms. The first-order valence-electron chi connectivity index (χ1n) is 7.95. The Morgan fingerprint density at radius 2 is 1.81 bits per heavy atom. The number of ether oxygens (including phenoxy) is 3. The smallest absolute Gasteiger partial charge is 0.341 e. The van der Waals surface area contributed by atoms with E-state index in [4.69, 9.17) is 25.8 Å². The molecule has 0 amide bonds. The quantitative estimate of drug-likeness (QED) is 0.116. The number of esters is 1. The fraction of sp³-hybridized carbons (Fsp3) is 0.412. The molecule has 0 heterocycles. The third kappa shape index (κ3) is 5.91. The molecule has 0 unspecified atom stereocenters. The zero-order valence-corrected chi connectivity index (χ0v) is 15.4. The fourth-order valence-corrected chi connectivity index (χ4v) is 2.15. The third-order valence-corrected chi connectivity index (χ3v) is 3.45. The van der Waals surface area contributed by atoms with Crippen LogP contribution in [0.5, 0.6) is 0 Å². The van der Waals surface area contributed by atoms with Gasteiger partial charge in [0.1, 0.15) is 5.57 Å². The third-order valence-electron chi connectivity index (χ3n) is 3.10. The molecular formula is C17H20ClNO7. The minimum absolute atomic E-state index is 0.0417. The van der Waals surface area contributed by atoms with Crippen LogP contribution in [0.4, 0.5) is 5.69 Å². The predicted molar refractivity (Wildman–Crippen MR) is 94.8 cm³/mol. The van der Waals surface area contributed by atoms with Crippen LogP contribution in [0, 0.1) is 10.1 Å². The first-order valence-corrected chi connectivity index (χ1v) is 8.33. The maximum absolute atomic E-state index is 12.7. The summed E-state index contributed by atoms with van der Waals surface area (Å²) in [7, 11) is 0. The molecule has 8 nitrogen and oxygen atoms in total. The number of nitro benzene ring substituents is 1. The zero-order valence-electron chi connectivity index (χ0n) is 14.7. The Morgan fingerprint density at radius 3 is 2.31 bits per heavy atom.